The van der Waals surface area contributed by atoms with Gasteiger partial charge in [-0.3, -0.25) is 9.78 Å². The molecule has 1 saturated heterocycles. The lowest BCUT2D eigenvalue weighted by Crippen LogP contribution is -2.31. The van der Waals surface area contributed by atoms with Crippen molar-refractivity contribution in [2.45, 2.75) is 19.3 Å². The SMILES string of the molecule is COCC(=O)N1CCC(c2cnc(C)c3nc[nH]c23)C1. The maximum absolute atomic E-state index is 11.9. The molecule has 0 spiro atoms. The smallest absolute Gasteiger partial charge is 0.248 e. The number of carbonyl (C=O) groups is 1. The van der Waals surface area contributed by atoms with Gasteiger partial charge in [-0.05, 0) is 13.3 Å². The maximum Gasteiger partial charge on any atom is 0.248 e. The molecule has 0 saturated carbocycles. The number of aromatic amines is 1. The van der Waals surface area contributed by atoms with Crippen LogP contribution in [0.1, 0.15) is 23.6 Å². The van der Waals surface area contributed by atoms with Gasteiger partial charge in [0.1, 0.15) is 12.1 Å². The monoisotopic (exact) mass is 274 g/mol. The first-order valence-corrected chi connectivity index (χ1v) is 6.76. The number of rotatable bonds is 3. The average molecular weight is 274 g/mol. The summed E-state index contributed by atoms with van der Waals surface area (Å²) in [6.45, 7) is 3.60. The number of carbonyl (C=O) groups excluding carboxylic acids is 1. The third-order valence-electron chi connectivity index (χ3n) is 3.92. The number of methoxy groups -OCH3 is 1. The second-order valence-electron chi connectivity index (χ2n) is 5.18. The Morgan fingerprint density at radius 1 is 1.55 bits per heavy atom. The van der Waals surface area contributed by atoms with Crippen LogP contribution in [0.4, 0.5) is 0 Å². The quantitative estimate of drug-likeness (QED) is 0.913. The van der Waals surface area contributed by atoms with E-state index in [1.54, 1.807) is 13.4 Å². The Balaban J connectivity index is 1.85. The third-order valence-corrected chi connectivity index (χ3v) is 3.92. The van der Waals surface area contributed by atoms with E-state index in [0.29, 0.717) is 5.92 Å². The van der Waals surface area contributed by atoms with Gasteiger partial charge in [-0.1, -0.05) is 0 Å². The molecule has 6 nitrogen and oxygen atoms in total. The first-order chi connectivity index (χ1) is 9.70. The van der Waals surface area contributed by atoms with Crippen molar-refractivity contribution in [3.8, 4) is 0 Å². The lowest BCUT2D eigenvalue weighted by atomic mass is 9.98. The number of imidazole rings is 1. The normalized spacial score (nSPS) is 18.9. The van der Waals surface area contributed by atoms with E-state index in [1.807, 2.05) is 18.0 Å². The van der Waals surface area contributed by atoms with Crippen LogP contribution in [0.15, 0.2) is 12.5 Å². The molecule has 1 amide bonds. The minimum Gasteiger partial charge on any atom is -0.375 e. The van der Waals surface area contributed by atoms with Gasteiger partial charge in [0, 0.05) is 37.9 Å². The number of aromatic nitrogens is 3. The standard InChI is InChI=1S/C14H18N4O2/c1-9-13-14(17-8-16-13)11(5-15-9)10-3-4-18(6-10)12(19)7-20-2/h5,8,10H,3-4,6-7H2,1-2H3,(H,16,17). The lowest BCUT2D eigenvalue weighted by molar-refractivity contribution is -0.134. The van der Waals surface area contributed by atoms with E-state index >= 15 is 0 Å². The van der Waals surface area contributed by atoms with Crippen LogP contribution in [-0.2, 0) is 9.53 Å². The molecule has 1 fully saturated rings. The summed E-state index contributed by atoms with van der Waals surface area (Å²) in [4.78, 5) is 25.6. The van der Waals surface area contributed by atoms with Crippen LogP contribution < -0.4 is 0 Å². The third kappa shape index (κ3) is 2.16. The topological polar surface area (TPSA) is 71.1 Å². The number of nitrogens with one attached hydrogen (secondary N) is 1. The molecular weight excluding hydrogens is 256 g/mol. The first-order valence-electron chi connectivity index (χ1n) is 6.76. The Morgan fingerprint density at radius 3 is 3.20 bits per heavy atom. The van der Waals surface area contributed by atoms with Gasteiger partial charge in [0.05, 0.1) is 17.5 Å². The van der Waals surface area contributed by atoms with Gasteiger partial charge in [0.15, 0.2) is 0 Å². The molecular formula is C14H18N4O2. The number of fused-ring (bicyclic) bond motifs is 1. The van der Waals surface area contributed by atoms with Crippen molar-refractivity contribution in [2.75, 3.05) is 26.8 Å². The van der Waals surface area contributed by atoms with Gasteiger partial charge in [-0.25, -0.2) is 4.98 Å². The van der Waals surface area contributed by atoms with Crippen LogP contribution >= 0.6 is 0 Å². The Labute approximate surface area is 117 Å². The zero-order valence-electron chi connectivity index (χ0n) is 11.7. The zero-order valence-corrected chi connectivity index (χ0v) is 11.7. The van der Waals surface area contributed by atoms with E-state index in [0.717, 1.165) is 41.8 Å². The van der Waals surface area contributed by atoms with Crippen molar-refractivity contribution in [1.29, 1.82) is 0 Å². The predicted octanol–water partition coefficient (Wildman–Crippen LogP) is 1.23. The van der Waals surface area contributed by atoms with E-state index in [9.17, 15) is 4.79 Å². The Hall–Kier alpha value is -1.95. The molecule has 106 valence electrons. The summed E-state index contributed by atoms with van der Waals surface area (Å²) in [5, 5.41) is 0. The van der Waals surface area contributed by atoms with Crippen LogP contribution in [0.3, 0.4) is 0 Å². The van der Waals surface area contributed by atoms with Gasteiger partial charge in [0.25, 0.3) is 0 Å². The van der Waals surface area contributed by atoms with Crippen LogP contribution in [0, 0.1) is 6.92 Å². The van der Waals surface area contributed by atoms with Crippen molar-refractivity contribution < 1.29 is 9.53 Å². The highest BCUT2D eigenvalue weighted by Gasteiger charge is 2.29. The van der Waals surface area contributed by atoms with E-state index in [-0.39, 0.29) is 12.5 Å². The number of ether oxygens (including phenoxy) is 1. The average Bonchev–Trinajstić information content (AvgIpc) is 3.08. The number of likely N-dealkylation sites (tertiary alicyclic amines) is 1. The number of hydrogen-bond acceptors (Lipinski definition) is 4. The number of aryl methyl sites for hydroxylation is 1. The molecule has 0 aromatic carbocycles. The summed E-state index contributed by atoms with van der Waals surface area (Å²) in [7, 11) is 1.55. The molecule has 1 atom stereocenters. The predicted molar refractivity (Wildman–Crippen MR) is 74.4 cm³/mol. The number of pyridine rings is 1. The second kappa shape index (κ2) is 5.20. The van der Waals surface area contributed by atoms with Crippen LogP contribution in [0.5, 0.6) is 0 Å². The highest BCUT2D eigenvalue weighted by atomic mass is 16.5. The molecule has 1 unspecified atom stereocenters. The minimum absolute atomic E-state index is 0.0518. The van der Waals surface area contributed by atoms with E-state index in [2.05, 4.69) is 15.0 Å². The molecule has 1 aliphatic rings. The molecule has 3 rings (SSSR count). The Morgan fingerprint density at radius 2 is 2.40 bits per heavy atom. The van der Waals surface area contributed by atoms with Crippen LogP contribution in [-0.4, -0.2) is 52.6 Å². The lowest BCUT2D eigenvalue weighted by Gasteiger charge is -2.16. The molecule has 6 heteroatoms. The molecule has 3 heterocycles. The maximum atomic E-state index is 11.9. The summed E-state index contributed by atoms with van der Waals surface area (Å²) < 4.78 is 4.91. The molecule has 1 aliphatic heterocycles. The fourth-order valence-electron chi connectivity index (χ4n) is 2.85. The number of nitrogens with zero attached hydrogens (tertiary/aromatic N) is 3. The van der Waals surface area contributed by atoms with Gasteiger partial charge < -0.3 is 14.6 Å². The molecule has 2 aromatic heterocycles. The summed E-state index contributed by atoms with van der Waals surface area (Å²) in [5.41, 5.74) is 4.04. The Bertz CT molecular complexity index is 637. The fraction of sp³-hybridized carbons (Fsp3) is 0.500. The minimum atomic E-state index is 0.0518. The highest BCUT2D eigenvalue weighted by Crippen LogP contribution is 2.31. The zero-order chi connectivity index (χ0) is 14.1. The molecule has 0 aliphatic carbocycles. The second-order valence-corrected chi connectivity index (χ2v) is 5.18. The number of hydrogen-bond donors (Lipinski definition) is 1. The van der Waals surface area contributed by atoms with Crippen molar-refractivity contribution in [3.05, 3.63) is 23.8 Å². The van der Waals surface area contributed by atoms with Crippen molar-refractivity contribution in [3.63, 3.8) is 0 Å². The van der Waals surface area contributed by atoms with Gasteiger partial charge >= 0.3 is 0 Å². The Kier molecular flexibility index (Phi) is 3.40. The molecule has 2 aromatic rings. The van der Waals surface area contributed by atoms with Crippen molar-refractivity contribution >= 4 is 16.9 Å². The first kappa shape index (κ1) is 13.1. The van der Waals surface area contributed by atoms with Gasteiger partial charge in [-0.2, -0.15) is 0 Å². The van der Waals surface area contributed by atoms with Crippen LogP contribution in [0.2, 0.25) is 0 Å². The van der Waals surface area contributed by atoms with Gasteiger partial charge in [0.2, 0.25) is 5.91 Å². The van der Waals surface area contributed by atoms with E-state index < -0.39 is 0 Å². The highest BCUT2D eigenvalue weighted by molar-refractivity contribution is 5.81. The summed E-state index contributed by atoms with van der Waals surface area (Å²) >= 11 is 0. The largest absolute Gasteiger partial charge is 0.375 e. The van der Waals surface area contributed by atoms with E-state index in [1.165, 1.54) is 0 Å². The summed E-state index contributed by atoms with van der Waals surface area (Å²) in [5.74, 6) is 0.364. The molecule has 20 heavy (non-hydrogen) atoms. The van der Waals surface area contributed by atoms with Crippen molar-refractivity contribution in [2.24, 2.45) is 0 Å². The molecule has 0 bridgehead atoms. The number of amides is 1. The van der Waals surface area contributed by atoms with E-state index in [4.69, 9.17) is 4.74 Å². The number of H-pyrrole nitrogens is 1. The summed E-state index contributed by atoms with van der Waals surface area (Å²) in [6.07, 6.45) is 4.56. The van der Waals surface area contributed by atoms with Crippen LogP contribution in [0.25, 0.3) is 11.0 Å². The van der Waals surface area contributed by atoms with Gasteiger partial charge in [-0.15, -0.1) is 0 Å². The fourth-order valence-corrected chi connectivity index (χ4v) is 2.85. The molecule has 0 radical (unpaired) electrons. The molecule has 1 N–H and O–H groups in total. The summed E-state index contributed by atoms with van der Waals surface area (Å²) in [6, 6.07) is 0. The van der Waals surface area contributed by atoms with Crippen molar-refractivity contribution in [1.82, 2.24) is 19.9 Å².